The molecule has 1 aliphatic heterocycles. The van der Waals surface area contributed by atoms with E-state index in [1.165, 1.54) is 18.2 Å². The molecule has 1 fully saturated rings. The minimum atomic E-state index is -4.46. The summed E-state index contributed by atoms with van der Waals surface area (Å²) in [5.74, 6) is -0.187. The van der Waals surface area contributed by atoms with Crippen LogP contribution in [-0.2, 0) is 17.1 Å². The van der Waals surface area contributed by atoms with Crippen molar-refractivity contribution in [2.24, 2.45) is 5.92 Å². The molecule has 1 atom stereocenters. The summed E-state index contributed by atoms with van der Waals surface area (Å²) < 4.78 is 76.6. The number of hydrogen-bond acceptors (Lipinski definition) is 3. The first-order valence-corrected chi connectivity index (χ1v) is 9.71. The second kappa shape index (κ2) is 8.76. The van der Waals surface area contributed by atoms with Crippen LogP contribution in [0.25, 0.3) is 0 Å². The summed E-state index contributed by atoms with van der Waals surface area (Å²) in [7, 11) is 0. The van der Waals surface area contributed by atoms with E-state index in [-0.39, 0.29) is 11.8 Å². The zero-order valence-electron chi connectivity index (χ0n) is 16.6. The molecule has 1 aromatic heterocycles. The Balaban J connectivity index is 1.56. The fourth-order valence-electron chi connectivity index (χ4n) is 3.51. The second-order valence-electron chi connectivity index (χ2n) is 7.52. The number of pyridine rings is 1. The van der Waals surface area contributed by atoms with Gasteiger partial charge in [0.05, 0.1) is 17.2 Å². The van der Waals surface area contributed by atoms with Gasteiger partial charge >= 0.3 is 12.4 Å². The van der Waals surface area contributed by atoms with Gasteiger partial charge in [-0.1, -0.05) is 12.1 Å². The lowest BCUT2D eigenvalue weighted by Crippen LogP contribution is -2.41. The van der Waals surface area contributed by atoms with Crippen molar-refractivity contribution in [2.45, 2.75) is 38.2 Å². The highest BCUT2D eigenvalue weighted by Gasteiger charge is 2.32. The van der Waals surface area contributed by atoms with Crippen molar-refractivity contribution in [2.75, 3.05) is 18.0 Å². The summed E-state index contributed by atoms with van der Waals surface area (Å²) in [6.45, 7) is 2.50. The van der Waals surface area contributed by atoms with E-state index < -0.39 is 29.5 Å². The van der Waals surface area contributed by atoms with E-state index >= 15 is 0 Å². The van der Waals surface area contributed by atoms with Gasteiger partial charge in [-0.25, -0.2) is 4.98 Å². The van der Waals surface area contributed by atoms with Gasteiger partial charge in [0.1, 0.15) is 5.82 Å². The quantitative estimate of drug-likeness (QED) is 0.657. The lowest BCUT2D eigenvalue weighted by molar-refractivity contribution is -0.138. The van der Waals surface area contributed by atoms with Gasteiger partial charge in [0.25, 0.3) is 0 Å². The summed E-state index contributed by atoms with van der Waals surface area (Å²) in [5, 5.41) is 2.76. The predicted octanol–water partition coefficient (Wildman–Crippen LogP) is 5.21. The molecule has 0 unspecified atom stereocenters. The Morgan fingerprint density at radius 2 is 1.68 bits per heavy atom. The third-order valence-electron chi connectivity index (χ3n) is 5.34. The molecule has 1 N–H and O–H groups in total. The van der Waals surface area contributed by atoms with E-state index in [9.17, 15) is 31.1 Å². The number of aromatic nitrogens is 1. The molecule has 1 saturated heterocycles. The van der Waals surface area contributed by atoms with E-state index in [2.05, 4.69) is 10.3 Å². The summed E-state index contributed by atoms with van der Waals surface area (Å²) in [6.07, 6.45) is -7.20. The fraction of sp³-hybridized carbons (Fsp3) is 0.429. The molecule has 1 aromatic carbocycles. The highest BCUT2D eigenvalue weighted by atomic mass is 19.4. The number of halogens is 6. The Morgan fingerprint density at radius 1 is 1.03 bits per heavy atom. The highest BCUT2D eigenvalue weighted by molar-refractivity contribution is 5.79. The van der Waals surface area contributed by atoms with Crippen LogP contribution in [0.1, 0.15) is 42.5 Å². The van der Waals surface area contributed by atoms with E-state index in [0.717, 1.165) is 24.4 Å². The minimum Gasteiger partial charge on any atom is -0.357 e. The molecule has 1 amide bonds. The number of rotatable bonds is 4. The molecule has 0 saturated carbocycles. The largest absolute Gasteiger partial charge is 0.417 e. The van der Waals surface area contributed by atoms with Gasteiger partial charge in [-0.15, -0.1) is 0 Å². The molecule has 0 bridgehead atoms. The van der Waals surface area contributed by atoms with Crippen molar-refractivity contribution in [1.82, 2.24) is 10.3 Å². The van der Waals surface area contributed by atoms with Gasteiger partial charge in [0.2, 0.25) is 5.91 Å². The first-order valence-electron chi connectivity index (χ1n) is 9.71. The Kier molecular flexibility index (Phi) is 6.47. The third-order valence-corrected chi connectivity index (χ3v) is 5.34. The number of benzene rings is 1. The second-order valence-corrected chi connectivity index (χ2v) is 7.52. The van der Waals surface area contributed by atoms with Crippen molar-refractivity contribution in [1.29, 1.82) is 0 Å². The molecule has 0 radical (unpaired) electrons. The van der Waals surface area contributed by atoms with E-state index in [1.54, 1.807) is 11.8 Å². The van der Waals surface area contributed by atoms with E-state index in [4.69, 9.17) is 0 Å². The monoisotopic (exact) mass is 445 g/mol. The van der Waals surface area contributed by atoms with Crippen molar-refractivity contribution < 1.29 is 31.1 Å². The van der Waals surface area contributed by atoms with Crippen molar-refractivity contribution in [3.05, 3.63) is 59.3 Å². The van der Waals surface area contributed by atoms with Crippen molar-refractivity contribution >= 4 is 11.7 Å². The number of alkyl halides is 6. The molecular weight excluding hydrogens is 424 g/mol. The number of carbonyl (C=O) groups is 1. The maximum absolute atomic E-state index is 12.9. The maximum Gasteiger partial charge on any atom is 0.417 e. The number of hydrogen-bond donors (Lipinski definition) is 1. The Hall–Kier alpha value is -2.78. The Labute approximate surface area is 175 Å². The molecule has 2 aromatic rings. The highest BCUT2D eigenvalue weighted by Crippen LogP contribution is 2.32. The summed E-state index contributed by atoms with van der Waals surface area (Å²) in [6, 6.07) is 6.50. The van der Waals surface area contributed by atoms with Crippen LogP contribution in [0.3, 0.4) is 0 Å². The molecular formula is C21H21F6N3O. The van der Waals surface area contributed by atoms with Crippen molar-refractivity contribution in [3.63, 3.8) is 0 Å². The topological polar surface area (TPSA) is 45.2 Å². The summed E-state index contributed by atoms with van der Waals surface area (Å²) in [5.41, 5.74) is -1.24. The standard InChI is InChI=1S/C21H21F6N3O/c1-13(15-3-2-4-16(11-15)20(22,23)24)29-19(31)14-7-9-30(10-8-14)18-6-5-17(12-28-18)21(25,26)27/h2-6,11-14H,7-10H2,1H3,(H,29,31)/t13-/m0/s1. The van der Waals surface area contributed by atoms with Crippen LogP contribution in [0, 0.1) is 5.92 Å². The van der Waals surface area contributed by atoms with Gasteiger partial charge in [-0.05, 0) is 49.6 Å². The normalized spacial score (nSPS) is 16.8. The van der Waals surface area contributed by atoms with Gasteiger partial charge in [-0.3, -0.25) is 4.79 Å². The molecule has 2 heterocycles. The third kappa shape index (κ3) is 5.68. The van der Waals surface area contributed by atoms with Gasteiger partial charge in [0.15, 0.2) is 0 Å². The predicted molar refractivity (Wildman–Crippen MR) is 102 cm³/mol. The average Bonchev–Trinajstić information content (AvgIpc) is 2.73. The van der Waals surface area contributed by atoms with Crippen LogP contribution in [-0.4, -0.2) is 24.0 Å². The summed E-state index contributed by atoms with van der Waals surface area (Å²) >= 11 is 0. The zero-order chi connectivity index (χ0) is 22.8. The first kappa shape index (κ1) is 22.9. The molecule has 10 heteroatoms. The average molecular weight is 445 g/mol. The van der Waals surface area contributed by atoms with E-state index in [1.807, 2.05) is 0 Å². The molecule has 4 nitrogen and oxygen atoms in total. The van der Waals surface area contributed by atoms with Crippen LogP contribution in [0.5, 0.6) is 0 Å². The molecule has 3 rings (SSSR count). The van der Waals surface area contributed by atoms with Gasteiger partial charge in [-0.2, -0.15) is 26.3 Å². The number of amides is 1. The van der Waals surface area contributed by atoms with Crippen LogP contribution in [0.4, 0.5) is 32.2 Å². The van der Waals surface area contributed by atoms with Gasteiger partial charge < -0.3 is 10.2 Å². The molecule has 168 valence electrons. The molecule has 31 heavy (non-hydrogen) atoms. The lowest BCUT2D eigenvalue weighted by Gasteiger charge is -2.32. The molecule has 0 spiro atoms. The SMILES string of the molecule is C[C@H](NC(=O)C1CCN(c2ccc(C(F)(F)F)cn2)CC1)c1cccc(C(F)(F)F)c1. The maximum atomic E-state index is 12.9. The number of piperidine rings is 1. The fourth-order valence-corrected chi connectivity index (χ4v) is 3.51. The lowest BCUT2D eigenvalue weighted by atomic mass is 9.95. The van der Waals surface area contributed by atoms with Crippen molar-refractivity contribution in [3.8, 4) is 0 Å². The number of anilines is 1. The number of nitrogens with zero attached hydrogens (tertiary/aromatic N) is 2. The van der Waals surface area contributed by atoms with E-state index in [0.29, 0.717) is 37.3 Å². The number of carbonyl (C=O) groups excluding carboxylic acids is 1. The van der Waals surface area contributed by atoms with Crippen LogP contribution in [0.15, 0.2) is 42.6 Å². The Morgan fingerprint density at radius 3 is 2.23 bits per heavy atom. The number of nitrogens with one attached hydrogen (secondary N) is 1. The van der Waals surface area contributed by atoms with Crippen LogP contribution in [0.2, 0.25) is 0 Å². The van der Waals surface area contributed by atoms with Crippen LogP contribution < -0.4 is 10.2 Å². The Bertz CT molecular complexity index is 903. The smallest absolute Gasteiger partial charge is 0.357 e. The van der Waals surface area contributed by atoms with Crippen LogP contribution >= 0.6 is 0 Å². The zero-order valence-corrected chi connectivity index (χ0v) is 16.6. The molecule has 0 aliphatic carbocycles. The first-order chi connectivity index (χ1) is 14.4. The molecule has 1 aliphatic rings. The van der Waals surface area contributed by atoms with Gasteiger partial charge in [0, 0.05) is 25.2 Å². The minimum absolute atomic E-state index is 0.259. The summed E-state index contributed by atoms with van der Waals surface area (Å²) in [4.78, 5) is 18.2.